The maximum atomic E-state index is 11.5. The normalized spacial score (nSPS) is 20.6. The van der Waals surface area contributed by atoms with Crippen LogP contribution in [0.3, 0.4) is 0 Å². The highest BCUT2D eigenvalue weighted by Crippen LogP contribution is 2.21. The number of anilines is 1. The third-order valence-electron chi connectivity index (χ3n) is 2.20. The maximum Gasteiger partial charge on any atom is 0.214 e. The van der Waals surface area contributed by atoms with Crippen LogP contribution in [0.15, 0.2) is 0 Å². The van der Waals surface area contributed by atoms with Crippen molar-refractivity contribution in [1.29, 1.82) is 0 Å². The van der Waals surface area contributed by atoms with Crippen LogP contribution in [0.1, 0.15) is 11.4 Å². The van der Waals surface area contributed by atoms with Gasteiger partial charge in [-0.05, 0) is 6.42 Å². The van der Waals surface area contributed by atoms with Crippen LogP contribution in [0.5, 0.6) is 0 Å². The van der Waals surface area contributed by atoms with E-state index < -0.39 is 10.0 Å². The summed E-state index contributed by atoms with van der Waals surface area (Å²) in [6.07, 6.45) is 0.708. The Morgan fingerprint density at radius 2 is 2.33 bits per heavy atom. The number of hydrogen-bond acceptors (Lipinski definition) is 6. The molecule has 0 saturated carbocycles. The molecule has 1 aliphatic heterocycles. The highest BCUT2D eigenvalue weighted by Gasteiger charge is 2.28. The molecule has 0 aliphatic carbocycles. The van der Waals surface area contributed by atoms with Gasteiger partial charge in [-0.3, -0.25) is 0 Å². The summed E-state index contributed by atoms with van der Waals surface area (Å²) >= 11 is 1.38. The van der Waals surface area contributed by atoms with Gasteiger partial charge in [0.15, 0.2) is 0 Å². The molecule has 6 nitrogen and oxygen atoms in total. The zero-order chi connectivity index (χ0) is 10.9. The fourth-order valence-corrected chi connectivity index (χ4v) is 3.71. The van der Waals surface area contributed by atoms with Crippen molar-refractivity contribution in [1.82, 2.24) is 14.5 Å². The minimum Gasteiger partial charge on any atom is -0.363 e. The summed E-state index contributed by atoms with van der Waals surface area (Å²) in [5.74, 6) is 0.255. The Kier molecular flexibility index (Phi) is 2.89. The van der Waals surface area contributed by atoms with Crippen LogP contribution in [-0.2, 0) is 16.6 Å². The van der Waals surface area contributed by atoms with Crippen molar-refractivity contribution in [2.24, 2.45) is 0 Å². The predicted octanol–water partition coefficient (Wildman–Crippen LogP) is 0.115. The van der Waals surface area contributed by atoms with Crippen LogP contribution in [0.2, 0.25) is 0 Å². The molecular formula is C7H12N4O2S2. The smallest absolute Gasteiger partial charge is 0.214 e. The molecule has 15 heavy (non-hydrogen) atoms. The van der Waals surface area contributed by atoms with Crippen molar-refractivity contribution in [3.8, 4) is 0 Å². The Hall–Kier alpha value is -0.730. The van der Waals surface area contributed by atoms with Crippen molar-refractivity contribution < 1.29 is 8.42 Å². The first-order valence-corrected chi connectivity index (χ1v) is 7.02. The Morgan fingerprint density at radius 3 is 2.87 bits per heavy atom. The molecule has 2 rings (SSSR count). The first-order chi connectivity index (χ1) is 7.12. The average molecular weight is 248 g/mol. The molecular weight excluding hydrogens is 236 g/mol. The quantitative estimate of drug-likeness (QED) is 0.822. The topological polar surface area (TPSA) is 75.2 Å². The Morgan fingerprint density at radius 1 is 1.53 bits per heavy atom. The molecule has 1 aliphatic rings. The Bertz CT molecular complexity index is 442. The number of hydrogen-bond donors (Lipinski definition) is 1. The van der Waals surface area contributed by atoms with Crippen LogP contribution in [0, 0.1) is 0 Å². The first kappa shape index (κ1) is 10.8. The van der Waals surface area contributed by atoms with Gasteiger partial charge in [-0.15, -0.1) is 10.2 Å². The molecule has 8 heteroatoms. The molecule has 0 aromatic carbocycles. The molecule has 0 atom stereocenters. The number of nitrogens with one attached hydrogen (secondary N) is 1. The van der Waals surface area contributed by atoms with Crippen LogP contribution in [-0.4, -0.2) is 42.3 Å². The van der Waals surface area contributed by atoms with Crippen molar-refractivity contribution in [3.63, 3.8) is 0 Å². The highest BCUT2D eigenvalue weighted by atomic mass is 32.2. The number of nitrogens with zero attached hydrogens (tertiary/aromatic N) is 3. The Balaban J connectivity index is 2.09. The van der Waals surface area contributed by atoms with Gasteiger partial charge in [0.05, 0.1) is 12.3 Å². The molecule has 1 fully saturated rings. The third kappa shape index (κ3) is 2.27. The van der Waals surface area contributed by atoms with E-state index in [0.29, 0.717) is 24.6 Å². The summed E-state index contributed by atoms with van der Waals surface area (Å²) in [6, 6.07) is 0. The molecule has 1 aromatic heterocycles. The molecule has 1 N–H and O–H groups in total. The minimum atomic E-state index is -3.03. The largest absolute Gasteiger partial charge is 0.363 e. The van der Waals surface area contributed by atoms with Crippen LogP contribution >= 0.6 is 11.3 Å². The van der Waals surface area contributed by atoms with Gasteiger partial charge in [-0.2, -0.15) is 4.31 Å². The van der Waals surface area contributed by atoms with Crippen molar-refractivity contribution in [2.75, 3.05) is 24.7 Å². The van der Waals surface area contributed by atoms with Crippen LogP contribution < -0.4 is 5.32 Å². The molecule has 0 amide bonds. The molecule has 0 radical (unpaired) electrons. The SMILES string of the molecule is CNc1nnc(CN2CCCS2(=O)=O)s1. The van der Waals surface area contributed by atoms with Gasteiger partial charge in [-0.1, -0.05) is 11.3 Å². The van der Waals surface area contributed by atoms with E-state index in [1.54, 1.807) is 7.05 Å². The summed E-state index contributed by atoms with van der Waals surface area (Å²) in [5.41, 5.74) is 0. The van der Waals surface area contributed by atoms with Gasteiger partial charge in [0.25, 0.3) is 0 Å². The van der Waals surface area contributed by atoms with Crippen molar-refractivity contribution in [2.45, 2.75) is 13.0 Å². The monoisotopic (exact) mass is 248 g/mol. The van der Waals surface area contributed by atoms with E-state index in [9.17, 15) is 8.42 Å². The first-order valence-electron chi connectivity index (χ1n) is 4.60. The molecule has 0 unspecified atom stereocenters. The van der Waals surface area contributed by atoms with E-state index in [2.05, 4.69) is 15.5 Å². The lowest BCUT2D eigenvalue weighted by Crippen LogP contribution is -2.25. The third-order valence-corrected chi connectivity index (χ3v) is 5.02. The number of sulfonamides is 1. The van der Waals surface area contributed by atoms with Gasteiger partial charge < -0.3 is 5.32 Å². The second-order valence-electron chi connectivity index (χ2n) is 3.25. The second-order valence-corrected chi connectivity index (χ2v) is 6.40. The summed E-state index contributed by atoms with van der Waals surface area (Å²) < 4.78 is 24.5. The summed E-state index contributed by atoms with van der Waals surface area (Å²) in [6.45, 7) is 0.943. The lowest BCUT2D eigenvalue weighted by molar-refractivity contribution is 0.437. The van der Waals surface area contributed by atoms with Crippen LogP contribution in [0.25, 0.3) is 0 Å². The average Bonchev–Trinajstić information content (AvgIpc) is 2.75. The zero-order valence-electron chi connectivity index (χ0n) is 8.30. The van der Waals surface area contributed by atoms with Gasteiger partial charge in [0.1, 0.15) is 5.01 Å². The summed E-state index contributed by atoms with van der Waals surface area (Å²) in [4.78, 5) is 0. The standard InChI is InChI=1S/C7H12N4O2S2/c1-8-7-10-9-6(14-7)5-11-3-2-4-15(11,12)13/h2-5H2,1H3,(H,8,10). The van der Waals surface area contributed by atoms with Crippen molar-refractivity contribution >= 4 is 26.5 Å². The van der Waals surface area contributed by atoms with Crippen molar-refractivity contribution in [3.05, 3.63) is 5.01 Å². The lowest BCUT2D eigenvalue weighted by atomic mass is 10.5. The maximum absolute atomic E-state index is 11.5. The molecule has 0 spiro atoms. The van der Waals surface area contributed by atoms with E-state index >= 15 is 0 Å². The summed E-state index contributed by atoms with van der Waals surface area (Å²) in [5, 5.41) is 12.1. The van der Waals surface area contributed by atoms with E-state index in [0.717, 1.165) is 5.01 Å². The minimum absolute atomic E-state index is 0.255. The molecule has 1 aromatic rings. The van der Waals surface area contributed by atoms with Gasteiger partial charge >= 0.3 is 0 Å². The lowest BCUT2D eigenvalue weighted by Gasteiger charge is -2.10. The second kappa shape index (κ2) is 4.03. The molecule has 2 heterocycles. The van der Waals surface area contributed by atoms with E-state index in [4.69, 9.17) is 0 Å². The van der Waals surface area contributed by atoms with E-state index in [-0.39, 0.29) is 5.75 Å². The van der Waals surface area contributed by atoms with Gasteiger partial charge in [0.2, 0.25) is 15.2 Å². The van der Waals surface area contributed by atoms with Gasteiger partial charge in [0, 0.05) is 13.6 Å². The van der Waals surface area contributed by atoms with Gasteiger partial charge in [-0.25, -0.2) is 8.42 Å². The predicted molar refractivity (Wildman–Crippen MR) is 58.3 cm³/mol. The Labute approximate surface area is 92.4 Å². The van der Waals surface area contributed by atoms with Crippen LogP contribution in [0.4, 0.5) is 5.13 Å². The van der Waals surface area contributed by atoms with E-state index in [1.165, 1.54) is 15.6 Å². The number of aromatic nitrogens is 2. The molecule has 84 valence electrons. The van der Waals surface area contributed by atoms with E-state index in [1.807, 2.05) is 0 Å². The molecule has 1 saturated heterocycles. The zero-order valence-corrected chi connectivity index (χ0v) is 9.94. The summed E-state index contributed by atoms with van der Waals surface area (Å²) in [7, 11) is -1.27. The fourth-order valence-electron chi connectivity index (χ4n) is 1.44. The highest BCUT2D eigenvalue weighted by molar-refractivity contribution is 7.89. The number of rotatable bonds is 3. The molecule has 0 bridgehead atoms. The fraction of sp³-hybridized carbons (Fsp3) is 0.714.